The van der Waals surface area contributed by atoms with Gasteiger partial charge in [-0.2, -0.15) is 0 Å². The summed E-state index contributed by atoms with van der Waals surface area (Å²) in [5.74, 6) is 6.05. The molecule has 2 unspecified atom stereocenters. The van der Waals surface area contributed by atoms with Crippen molar-refractivity contribution in [3.63, 3.8) is 0 Å². The van der Waals surface area contributed by atoms with Crippen LogP contribution >= 0.6 is 0 Å². The first-order chi connectivity index (χ1) is 9.95. The zero-order valence-electron chi connectivity index (χ0n) is 12.4. The Hall–Kier alpha value is -0.780. The van der Waals surface area contributed by atoms with Crippen LogP contribution in [0.3, 0.4) is 0 Å². The van der Waals surface area contributed by atoms with E-state index >= 15 is 0 Å². The molecule has 0 nitrogen and oxygen atoms in total. The minimum atomic E-state index is 0.937. The van der Waals surface area contributed by atoms with Crippen molar-refractivity contribution in [1.82, 2.24) is 0 Å². The van der Waals surface area contributed by atoms with Gasteiger partial charge in [0.25, 0.3) is 0 Å². The average molecular weight is 266 g/mol. The van der Waals surface area contributed by atoms with Gasteiger partial charge in [-0.3, -0.25) is 0 Å². The van der Waals surface area contributed by atoms with Crippen molar-refractivity contribution in [3.8, 4) is 0 Å². The molecule has 106 valence electrons. The smallest absolute Gasteiger partial charge is 0.00967 e. The average Bonchev–Trinajstić information content (AvgIpc) is 2.54. The molecule has 0 aromatic heterocycles. The first kappa shape index (κ1) is 11.8. The van der Waals surface area contributed by atoms with E-state index in [-0.39, 0.29) is 0 Å². The van der Waals surface area contributed by atoms with Crippen molar-refractivity contribution in [2.24, 2.45) is 23.7 Å². The Balaban J connectivity index is 1.69. The Morgan fingerprint density at radius 1 is 0.550 bits per heavy atom. The van der Waals surface area contributed by atoms with Crippen LogP contribution in [0.1, 0.15) is 74.3 Å². The van der Waals surface area contributed by atoms with E-state index in [0.717, 1.165) is 35.5 Å². The van der Waals surface area contributed by atoms with Gasteiger partial charge in [0.1, 0.15) is 0 Å². The van der Waals surface area contributed by atoms with Crippen molar-refractivity contribution in [1.29, 1.82) is 0 Å². The van der Waals surface area contributed by atoms with E-state index in [9.17, 15) is 0 Å². The van der Waals surface area contributed by atoms with E-state index in [4.69, 9.17) is 0 Å². The lowest BCUT2D eigenvalue weighted by Gasteiger charge is -2.60. The van der Waals surface area contributed by atoms with Gasteiger partial charge in [-0.1, -0.05) is 49.9 Å². The second kappa shape index (κ2) is 4.36. The van der Waals surface area contributed by atoms with Crippen LogP contribution in [0.4, 0.5) is 0 Å². The van der Waals surface area contributed by atoms with Gasteiger partial charge in [-0.05, 0) is 72.3 Å². The molecule has 6 atom stereocenters. The van der Waals surface area contributed by atoms with E-state index in [1.165, 1.54) is 51.4 Å². The topological polar surface area (TPSA) is 0 Å². The molecule has 3 fully saturated rings. The van der Waals surface area contributed by atoms with Crippen LogP contribution in [0.15, 0.2) is 24.3 Å². The summed E-state index contributed by atoms with van der Waals surface area (Å²) in [5, 5.41) is 0. The zero-order valence-corrected chi connectivity index (χ0v) is 12.4. The highest BCUT2D eigenvalue weighted by Crippen LogP contribution is 2.66. The molecule has 5 aliphatic rings. The van der Waals surface area contributed by atoms with Crippen LogP contribution in [0.5, 0.6) is 0 Å². The monoisotopic (exact) mass is 266 g/mol. The van der Waals surface area contributed by atoms with E-state index in [1.807, 2.05) is 0 Å². The molecule has 5 aliphatic carbocycles. The van der Waals surface area contributed by atoms with Crippen LogP contribution < -0.4 is 0 Å². The molecule has 0 heterocycles. The predicted molar refractivity (Wildman–Crippen MR) is 82.8 cm³/mol. The third-order valence-corrected chi connectivity index (χ3v) is 7.31. The molecule has 3 saturated carbocycles. The maximum atomic E-state index is 2.49. The van der Waals surface area contributed by atoms with Crippen LogP contribution in [-0.4, -0.2) is 0 Å². The fourth-order valence-corrected chi connectivity index (χ4v) is 6.84. The fraction of sp³-hybridized carbons (Fsp3) is 0.700. The van der Waals surface area contributed by atoms with Crippen molar-refractivity contribution in [2.75, 3.05) is 0 Å². The molecule has 1 aromatic rings. The van der Waals surface area contributed by atoms with Gasteiger partial charge >= 0.3 is 0 Å². The number of hydrogen-bond donors (Lipinski definition) is 0. The first-order valence-corrected chi connectivity index (χ1v) is 9.04. The second-order valence-corrected chi connectivity index (χ2v) is 7.90. The molecular weight excluding hydrogens is 240 g/mol. The summed E-state index contributed by atoms with van der Waals surface area (Å²) in [4.78, 5) is 0. The van der Waals surface area contributed by atoms with E-state index in [2.05, 4.69) is 24.3 Å². The largest absolute Gasteiger partial charge is 0.0620 e. The summed E-state index contributed by atoms with van der Waals surface area (Å²) < 4.78 is 0. The maximum Gasteiger partial charge on any atom is -0.00967 e. The minimum Gasteiger partial charge on any atom is -0.0620 e. The Labute approximate surface area is 123 Å². The number of benzene rings is 1. The summed E-state index contributed by atoms with van der Waals surface area (Å²) in [6.45, 7) is 0. The van der Waals surface area contributed by atoms with Gasteiger partial charge < -0.3 is 0 Å². The lowest BCUT2D eigenvalue weighted by atomic mass is 9.44. The molecule has 1 aromatic carbocycles. The SMILES string of the molecule is c1ccc2c(c1)C1[C@H]3CCCC[C@H]3C2[C@H]2CCCC[C@@H]12. The molecule has 2 bridgehead atoms. The predicted octanol–water partition coefficient (Wildman–Crippen LogP) is 5.49. The molecular formula is C20H26. The summed E-state index contributed by atoms with van der Waals surface area (Å²) in [7, 11) is 0. The van der Waals surface area contributed by atoms with Crippen molar-refractivity contribution < 1.29 is 0 Å². The van der Waals surface area contributed by atoms with Gasteiger partial charge in [0.15, 0.2) is 0 Å². The second-order valence-electron chi connectivity index (χ2n) is 7.90. The molecule has 0 heteroatoms. The maximum absolute atomic E-state index is 2.49. The number of rotatable bonds is 0. The summed E-state index contributed by atoms with van der Waals surface area (Å²) in [6.07, 6.45) is 12.1. The fourth-order valence-electron chi connectivity index (χ4n) is 6.84. The summed E-state index contributed by atoms with van der Waals surface area (Å²) >= 11 is 0. The Kier molecular flexibility index (Phi) is 2.58. The molecule has 0 amide bonds. The van der Waals surface area contributed by atoms with Gasteiger partial charge in [0.05, 0.1) is 0 Å². The molecule has 0 aliphatic heterocycles. The number of hydrogen-bond acceptors (Lipinski definition) is 0. The Bertz CT molecular complexity index is 446. The first-order valence-electron chi connectivity index (χ1n) is 9.04. The third-order valence-electron chi connectivity index (χ3n) is 7.31. The normalized spacial score (nSPS) is 45.4. The highest BCUT2D eigenvalue weighted by molar-refractivity contribution is 5.42. The highest BCUT2D eigenvalue weighted by Gasteiger charge is 2.56. The van der Waals surface area contributed by atoms with Crippen LogP contribution in [0.2, 0.25) is 0 Å². The van der Waals surface area contributed by atoms with Crippen molar-refractivity contribution in [3.05, 3.63) is 35.4 Å². The molecule has 0 saturated heterocycles. The molecule has 6 rings (SSSR count). The summed E-state index contributed by atoms with van der Waals surface area (Å²) in [6, 6.07) is 9.58. The minimum absolute atomic E-state index is 0.937. The summed E-state index contributed by atoms with van der Waals surface area (Å²) in [5.41, 5.74) is 3.56. The van der Waals surface area contributed by atoms with Gasteiger partial charge in [-0.15, -0.1) is 0 Å². The van der Waals surface area contributed by atoms with Gasteiger partial charge in [0, 0.05) is 0 Å². The lowest BCUT2D eigenvalue weighted by molar-refractivity contribution is -0.0138. The van der Waals surface area contributed by atoms with Crippen molar-refractivity contribution in [2.45, 2.75) is 63.2 Å². The quantitative estimate of drug-likeness (QED) is 0.582. The van der Waals surface area contributed by atoms with E-state index in [1.54, 1.807) is 11.1 Å². The Morgan fingerprint density at radius 2 is 0.900 bits per heavy atom. The standard InChI is InChI=1S/C20H26/c1-2-8-14-13(7-1)19-15-9-3-5-11-17(15)20(14)18-12-6-4-10-16(18)19/h1-2,7-8,15-20H,3-6,9-12H2/t15-,16+,17+,18-,19?,20?. The van der Waals surface area contributed by atoms with E-state index < -0.39 is 0 Å². The molecule has 20 heavy (non-hydrogen) atoms. The van der Waals surface area contributed by atoms with Gasteiger partial charge in [-0.25, -0.2) is 0 Å². The lowest BCUT2D eigenvalue weighted by Crippen LogP contribution is -2.50. The van der Waals surface area contributed by atoms with E-state index in [0.29, 0.717) is 0 Å². The van der Waals surface area contributed by atoms with Gasteiger partial charge in [0.2, 0.25) is 0 Å². The zero-order chi connectivity index (χ0) is 13.1. The van der Waals surface area contributed by atoms with Crippen LogP contribution in [-0.2, 0) is 0 Å². The molecule has 0 N–H and O–H groups in total. The third kappa shape index (κ3) is 1.43. The van der Waals surface area contributed by atoms with Crippen molar-refractivity contribution >= 4 is 0 Å². The Morgan fingerprint density at radius 3 is 1.25 bits per heavy atom. The highest BCUT2D eigenvalue weighted by atomic mass is 14.6. The van der Waals surface area contributed by atoms with Crippen LogP contribution in [0, 0.1) is 23.7 Å². The molecule has 0 spiro atoms. The van der Waals surface area contributed by atoms with Crippen LogP contribution in [0.25, 0.3) is 0 Å². The molecule has 0 radical (unpaired) electrons.